The zero-order chi connectivity index (χ0) is 10.3. The van der Waals surface area contributed by atoms with E-state index in [1.165, 1.54) is 12.8 Å². The van der Waals surface area contributed by atoms with Crippen LogP contribution in [0.5, 0.6) is 0 Å². The molecular weight excluding hydrogens is 194 g/mol. The molecule has 0 unspecified atom stereocenters. The van der Waals surface area contributed by atoms with Gasteiger partial charge in [0.2, 0.25) is 5.89 Å². The molecule has 0 aromatic carbocycles. The van der Waals surface area contributed by atoms with Crippen LogP contribution in [-0.4, -0.2) is 39.8 Å². The van der Waals surface area contributed by atoms with Crippen molar-refractivity contribution in [1.29, 1.82) is 0 Å². The summed E-state index contributed by atoms with van der Waals surface area (Å²) >= 11 is 0. The molecule has 2 aliphatic rings. The number of nitrogens with zero attached hydrogens (tertiary/aromatic N) is 3. The molecule has 0 spiro atoms. The Morgan fingerprint density at radius 1 is 1.40 bits per heavy atom. The van der Waals surface area contributed by atoms with Gasteiger partial charge in [-0.15, -0.1) is 0 Å². The predicted molar refractivity (Wildman–Crippen MR) is 52.1 cm³/mol. The normalized spacial score (nSPS) is 23.0. The Labute approximate surface area is 88.1 Å². The summed E-state index contributed by atoms with van der Waals surface area (Å²) in [6.07, 6.45) is 2.38. The Balaban J connectivity index is 1.53. The average Bonchev–Trinajstić information content (AvgIpc) is 2.92. The topological polar surface area (TPSA) is 62.4 Å². The fourth-order valence-corrected chi connectivity index (χ4v) is 1.95. The van der Waals surface area contributed by atoms with Crippen molar-refractivity contribution in [2.75, 3.05) is 19.7 Å². The van der Waals surface area contributed by atoms with Crippen LogP contribution in [0.3, 0.4) is 0 Å². The molecule has 1 saturated carbocycles. The Morgan fingerprint density at radius 2 is 2.20 bits per heavy atom. The van der Waals surface area contributed by atoms with E-state index < -0.39 is 0 Å². The van der Waals surface area contributed by atoms with E-state index in [9.17, 15) is 0 Å². The van der Waals surface area contributed by atoms with Crippen molar-refractivity contribution in [3.05, 3.63) is 11.7 Å². The molecule has 1 saturated heterocycles. The first kappa shape index (κ1) is 9.30. The highest BCUT2D eigenvalue weighted by molar-refractivity contribution is 5.02. The molecule has 2 fully saturated rings. The van der Waals surface area contributed by atoms with Crippen molar-refractivity contribution in [2.45, 2.75) is 25.3 Å². The summed E-state index contributed by atoms with van der Waals surface area (Å²) in [6, 6.07) is 0. The van der Waals surface area contributed by atoms with E-state index in [2.05, 4.69) is 15.0 Å². The van der Waals surface area contributed by atoms with E-state index >= 15 is 0 Å². The molecule has 1 aromatic rings. The van der Waals surface area contributed by atoms with Gasteiger partial charge in [0.15, 0.2) is 5.82 Å². The third-order valence-corrected chi connectivity index (χ3v) is 3.07. The van der Waals surface area contributed by atoms with Crippen LogP contribution in [0.15, 0.2) is 4.52 Å². The van der Waals surface area contributed by atoms with Crippen LogP contribution in [0.1, 0.15) is 30.5 Å². The van der Waals surface area contributed by atoms with E-state index in [0.29, 0.717) is 11.8 Å². The zero-order valence-electron chi connectivity index (χ0n) is 8.59. The molecule has 5 heteroatoms. The maximum absolute atomic E-state index is 8.88. The Bertz CT molecular complexity index is 342. The molecule has 0 radical (unpaired) electrons. The number of aliphatic hydroxyl groups excluding tert-OH is 1. The van der Waals surface area contributed by atoms with E-state index in [0.717, 1.165) is 31.3 Å². The predicted octanol–water partition coefficient (Wildman–Crippen LogP) is 0.371. The second kappa shape index (κ2) is 3.57. The molecule has 1 N–H and O–H groups in total. The summed E-state index contributed by atoms with van der Waals surface area (Å²) in [4.78, 5) is 6.59. The minimum absolute atomic E-state index is 0.288. The minimum Gasteiger partial charge on any atom is -0.396 e. The number of rotatable bonds is 4. The van der Waals surface area contributed by atoms with Crippen LogP contribution in [0.25, 0.3) is 0 Å². The van der Waals surface area contributed by atoms with Crippen LogP contribution in [0.4, 0.5) is 0 Å². The van der Waals surface area contributed by atoms with E-state index in [4.69, 9.17) is 9.63 Å². The lowest BCUT2D eigenvalue weighted by Gasteiger charge is -2.37. The van der Waals surface area contributed by atoms with Crippen molar-refractivity contribution in [3.8, 4) is 0 Å². The first-order valence-electron chi connectivity index (χ1n) is 5.51. The molecular formula is C10H15N3O2. The van der Waals surface area contributed by atoms with Gasteiger partial charge in [-0.1, -0.05) is 5.16 Å². The summed E-state index contributed by atoms with van der Waals surface area (Å²) in [6.45, 7) is 2.94. The lowest BCUT2D eigenvalue weighted by Crippen LogP contribution is -2.47. The van der Waals surface area contributed by atoms with Gasteiger partial charge < -0.3 is 9.63 Å². The first-order valence-corrected chi connectivity index (χ1v) is 5.51. The molecule has 1 aliphatic heterocycles. The van der Waals surface area contributed by atoms with Gasteiger partial charge in [0.05, 0.1) is 6.54 Å². The van der Waals surface area contributed by atoms with Gasteiger partial charge in [0.1, 0.15) is 0 Å². The largest absolute Gasteiger partial charge is 0.396 e. The van der Waals surface area contributed by atoms with E-state index in [-0.39, 0.29) is 6.61 Å². The molecule has 0 amide bonds. The quantitative estimate of drug-likeness (QED) is 0.776. The summed E-state index contributed by atoms with van der Waals surface area (Å²) in [5.41, 5.74) is 0. The summed E-state index contributed by atoms with van der Waals surface area (Å²) in [7, 11) is 0. The van der Waals surface area contributed by atoms with Crippen LogP contribution in [0, 0.1) is 5.92 Å². The van der Waals surface area contributed by atoms with Crippen LogP contribution in [-0.2, 0) is 6.54 Å². The average molecular weight is 209 g/mol. The lowest BCUT2D eigenvalue weighted by atomic mass is 10.0. The standard InChI is InChI=1S/C10H15N3O2/c14-6-7-3-13(4-7)5-9-11-10(15-12-9)8-1-2-8/h7-8,14H,1-6H2. The summed E-state index contributed by atoms with van der Waals surface area (Å²) in [5.74, 6) is 2.57. The number of hydrogen-bond acceptors (Lipinski definition) is 5. The molecule has 1 aromatic heterocycles. The van der Waals surface area contributed by atoms with Gasteiger partial charge in [-0.3, -0.25) is 4.90 Å². The van der Waals surface area contributed by atoms with Gasteiger partial charge in [-0.25, -0.2) is 0 Å². The van der Waals surface area contributed by atoms with Gasteiger partial charge in [0, 0.05) is 31.5 Å². The highest BCUT2D eigenvalue weighted by atomic mass is 16.5. The fraction of sp³-hybridized carbons (Fsp3) is 0.800. The molecule has 82 valence electrons. The Morgan fingerprint density at radius 3 is 2.87 bits per heavy atom. The molecule has 0 atom stereocenters. The number of likely N-dealkylation sites (tertiary alicyclic amines) is 1. The van der Waals surface area contributed by atoms with Crippen LogP contribution < -0.4 is 0 Å². The number of aliphatic hydroxyl groups is 1. The van der Waals surface area contributed by atoms with Crippen LogP contribution >= 0.6 is 0 Å². The molecule has 1 aliphatic carbocycles. The molecule has 5 nitrogen and oxygen atoms in total. The summed E-state index contributed by atoms with van der Waals surface area (Å²) < 4.78 is 5.17. The second-order valence-corrected chi connectivity index (χ2v) is 4.57. The van der Waals surface area contributed by atoms with Gasteiger partial charge in [-0.2, -0.15) is 4.98 Å². The monoisotopic (exact) mass is 209 g/mol. The smallest absolute Gasteiger partial charge is 0.229 e. The Kier molecular flexibility index (Phi) is 2.21. The lowest BCUT2D eigenvalue weighted by molar-refractivity contribution is 0.0454. The van der Waals surface area contributed by atoms with Crippen molar-refractivity contribution >= 4 is 0 Å². The van der Waals surface area contributed by atoms with Gasteiger partial charge >= 0.3 is 0 Å². The van der Waals surface area contributed by atoms with Gasteiger partial charge in [-0.05, 0) is 12.8 Å². The molecule has 15 heavy (non-hydrogen) atoms. The number of aromatic nitrogens is 2. The molecule has 2 heterocycles. The van der Waals surface area contributed by atoms with Crippen molar-refractivity contribution in [1.82, 2.24) is 15.0 Å². The SMILES string of the molecule is OCC1CN(Cc2noc(C3CC3)n2)C1. The summed E-state index contributed by atoms with van der Waals surface area (Å²) in [5, 5.41) is 12.8. The molecule has 0 bridgehead atoms. The van der Waals surface area contributed by atoms with Crippen molar-refractivity contribution < 1.29 is 9.63 Å². The van der Waals surface area contributed by atoms with Crippen molar-refractivity contribution in [3.63, 3.8) is 0 Å². The molecule has 3 rings (SSSR count). The fourth-order valence-electron chi connectivity index (χ4n) is 1.95. The minimum atomic E-state index is 0.288. The third kappa shape index (κ3) is 1.89. The second-order valence-electron chi connectivity index (χ2n) is 4.57. The number of hydrogen-bond donors (Lipinski definition) is 1. The van der Waals surface area contributed by atoms with Crippen LogP contribution in [0.2, 0.25) is 0 Å². The van der Waals surface area contributed by atoms with E-state index in [1.807, 2.05) is 0 Å². The highest BCUT2D eigenvalue weighted by Gasteiger charge is 2.31. The third-order valence-electron chi connectivity index (χ3n) is 3.07. The maximum atomic E-state index is 8.88. The van der Waals surface area contributed by atoms with Gasteiger partial charge in [0.25, 0.3) is 0 Å². The van der Waals surface area contributed by atoms with E-state index in [1.54, 1.807) is 0 Å². The zero-order valence-corrected chi connectivity index (χ0v) is 8.59. The highest BCUT2D eigenvalue weighted by Crippen LogP contribution is 2.38. The first-order chi connectivity index (χ1) is 7.35. The van der Waals surface area contributed by atoms with Crippen molar-refractivity contribution in [2.24, 2.45) is 5.92 Å². The maximum Gasteiger partial charge on any atom is 0.229 e. The Hall–Kier alpha value is -0.940.